The molecule has 0 saturated carbocycles. The maximum absolute atomic E-state index is 6.13. The quantitative estimate of drug-likeness (QED) is 0.788. The van der Waals surface area contributed by atoms with E-state index in [1.807, 2.05) is 13.0 Å². The SMILES string of the molecule is COCCNc1nc(C)cc(Nc2cc(Cl)ccc2Cl)n1. The summed E-state index contributed by atoms with van der Waals surface area (Å²) in [4.78, 5) is 8.69. The van der Waals surface area contributed by atoms with E-state index in [1.54, 1.807) is 25.3 Å². The molecule has 0 aliphatic carbocycles. The lowest BCUT2D eigenvalue weighted by molar-refractivity contribution is 0.210. The molecule has 2 N–H and O–H groups in total. The second-order valence-corrected chi connectivity index (χ2v) is 5.23. The van der Waals surface area contributed by atoms with Gasteiger partial charge >= 0.3 is 0 Å². The molecule has 0 fully saturated rings. The lowest BCUT2D eigenvalue weighted by atomic mass is 10.3. The van der Waals surface area contributed by atoms with E-state index in [9.17, 15) is 0 Å². The molecule has 0 spiro atoms. The number of hydrogen-bond acceptors (Lipinski definition) is 5. The molecule has 0 bridgehead atoms. The summed E-state index contributed by atoms with van der Waals surface area (Å²) >= 11 is 12.1. The van der Waals surface area contributed by atoms with E-state index < -0.39 is 0 Å². The molecule has 0 unspecified atom stereocenters. The largest absolute Gasteiger partial charge is 0.383 e. The number of ether oxygens (including phenoxy) is 1. The minimum atomic E-state index is 0.535. The van der Waals surface area contributed by atoms with Gasteiger partial charge in [-0.1, -0.05) is 23.2 Å². The summed E-state index contributed by atoms with van der Waals surface area (Å²) in [6.45, 7) is 3.12. The Hall–Kier alpha value is -1.56. The number of halogens is 2. The first-order chi connectivity index (χ1) is 10.1. The Kier molecular flexibility index (Phi) is 5.61. The zero-order chi connectivity index (χ0) is 15.2. The Morgan fingerprint density at radius 2 is 2.00 bits per heavy atom. The van der Waals surface area contributed by atoms with Crippen molar-refractivity contribution in [3.8, 4) is 0 Å². The second-order valence-electron chi connectivity index (χ2n) is 4.39. The average molecular weight is 327 g/mol. The van der Waals surface area contributed by atoms with Crippen molar-refractivity contribution in [2.24, 2.45) is 0 Å². The van der Waals surface area contributed by atoms with Gasteiger partial charge in [-0.05, 0) is 25.1 Å². The minimum absolute atomic E-state index is 0.535. The zero-order valence-electron chi connectivity index (χ0n) is 11.8. The first kappa shape index (κ1) is 15.8. The van der Waals surface area contributed by atoms with Crippen molar-refractivity contribution < 1.29 is 4.74 Å². The number of nitrogens with one attached hydrogen (secondary N) is 2. The molecule has 1 aromatic heterocycles. The molecule has 7 heteroatoms. The number of aromatic nitrogens is 2. The highest BCUT2D eigenvalue weighted by Gasteiger charge is 2.06. The van der Waals surface area contributed by atoms with Crippen LogP contribution < -0.4 is 10.6 Å². The van der Waals surface area contributed by atoms with Gasteiger partial charge in [-0.15, -0.1) is 0 Å². The van der Waals surface area contributed by atoms with Gasteiger partial charge in [0.25, 0.3) is 0 Å². The molecule has 2 aromatic rings. The maximum Gasteiger partial charge on any atom is 0.224 e. The molecule has 0 amide bonds. The highest BCUT2D eigenvalue weighted by atomic mass is 35.5. The molecule has 0 atom stereocenters. The third-order valence-corrected chi connectivity index (χ3v) is 3.20. The standard InChI is InChI=1S/C14H16Cl2N4O/c1-9-7-13(20-14(18-9)17-5-6-21-2)19-12-8-10(15)3-4-11(12)16/h3-4,7-8H,5-6H2,1-2H3,(H2,17,18,19,20). The molecule has 5 nitrogen and oxygen atoms in total. The fraction of sp³-hybridized carbons (Fsp3) is 0.286. The van der Waals surface area contributed by atoms with Crippen LogP contribution in [0.25, 0.3) is 0 Å². The van der Waals surface area contributed by atoms with Gasteiger partial charge in [0.1, 0.15) is 5.82 Å². The topological polar surface area (TPSA) is 59.1 Å². The van der Waals surface area contributed by atoms with Gasteiger partial charge in [0, 0.05) is 30.4 Å². The van der Waals surface area contributed by atoms with Crippen LogP contribution in [0.3, 0.4) is 0 Å². The van der Waals surface area contributed by atoms with Gasteiger partial charge in [0.15, 0.2) is 0 Å². The van der Waals surface area contributed by atoms with Crippen molar-refractivity contribution >= 4 is 40.7 Å². The third-order valence-electron chi connectivity index (χ3n) is 2.63. The molecule has 0 aliphatic heterocycles. The lowest BCUT2D eigenvalue weighted by Gasteiger charge is -2.11. The number of benzene rings is 1. The lowest BCUT2D eigenvalue weighted by Crippen LogP contribution is -2.11. The van der Waals surface area contributed by atoms with Gasteiger partial charge in [0.2, 0.25) is 5.95 Å². The molecule has 1 aromatic carbocycles. The first-order valence-electron chi connectivity index (χ1n) is 6.39. The van der Waals surface area contributed by atoms with Gasteiger partial charge in [-0.2, -0.15) is 4.98 Å². The number of anilines is 3. The number of methoxy groups -OCH3 is 1. The minimum Gasteiger partial charge on any atom is -0.383 e. The summed E-state index contributed by atoms with van der Waals surface area (Å²) < 4.78 is 4.98. The van der Waals surface area contributed by atoms with E-state index in [0.717, 1.165) is 5.69 Å². The van der Waals surface area contributed by atoms with Crippen molar-refractivity contribution in [3.63, 3.8) is 0 Å². The van der Waals surface area contributed by atoms with Crippen molar-refractivity contribution in [1.82, 2.24) is 9.97 Å². The van der Waals surface area contributed by atoms with Gasteiger partial charge < -0.3 is 15.4 Å². The highest BCUT2D eigenvalue weighted by molar-refractivity contribution is 6.35. The Morgan fingerprint density at radius 1 is 1.19 bits per heavy atom. The van der Waals surface area contributed by atoms with Crippen LogP contribution in [0.2, 0.25) is 10.0 Å². The molecule has 112 valence electrons. The molecular weight excluding hydrogens is 311 g/mol. The third kappa shape index (κ3) is 4.74. The predicted octanol–water partition coefficient (Wildman–Crippen LogP) is 3.89. The Labute approximate surface area is 133 Å². The molecule has 0 radical (unpaired) electrons. The average Bonchev–Trinajstić information content (AvgIpc) is 2.43. The van der Waals surface area contributed by atoms with Crippen LogP contribution in [-0.4, -0.2) is 30.2 Å². The van der Waals surface area contributed by atoms with Crippen LogP contribution in [0.5, 0.6) is 0 Å². The fourth-order valence-corrected chi connectivity index (χ4v) is 2.04. The van der Waals surface area contributed by atoms with Crippen LogP contribution in [0.1, 0.15) is 5.69 Å². The van der Waals surface area contributed by atoms with Gasteiger partial charge in [0.05, 0.1) is 17.3 Å². The molecule has 1 heterocycles. The van der Waals surface area contributed by atoms with E-state index in [2.05, 4.69) is 20.6 Å². The van der Waals surface area contributed by atoms with Crippen molar-refractivity contribution in [2.45, 2.75) is 6.92 Å². The molecule has 21 heavy (non-hydrogen) atoms. The molecule has 2 rings (SSSR count). The number of aryl methyl sites for hydroxylation is 1. The van der Waals surface area contributed by atoms with Gasteiger partial charge in [-0.3, -0.25) is 0 Å². The van der Waals surface area contributed by atoms with Crippen molar-refractivity contribution in [3.05, 3.63) is 40.0 Å². The van der Waals surface area contributed by atoms with Crippen LogP contribution in [0.4, 0.5) is 17.5 Å². The van der Waals surface area contributed by atoms with E-state index >= 15 is 0 Å². The predicted molar refractivity (Wildman–Crippen MR) is 86.9 cm³/mol. The van der Waals surface area contributed by atoms with Gasteiger partial charge in [-0.25, -0.2) is 4.98 Å². The van der Waals surface area contributed by atoms with Crippen LogP contribution in [0.15, 0.2) is 24.3 Å². The second kappa shape index (κ2) is 7.45. The first-order valence-corrected chi connectivity index (χ1v) is 7.14. The summed E-state index contributed by atoms with van der Waals surface area (Å²) in [5.41, 5.74) is 1.54. The summed E-state index contributed by atoms with van der Waals surface area (Å²) in [6.07, 6.45) is 0. The Morgan fingerprint density at radius 3 is 2.76 bits per heavy atom. The van der Waals surface area contributed by atoms with E-state index in [4.69, 9.17) is 27.9 Å². The van der Waals surface area contributed by atoms with Crippen molar-refractivity contribution in [2.75, 3.05) is 30.9 Å². The van der Waals surface area contributed by atoms with E-state index in [-0.39, 0.29) is 0 Å². The number of hydrogen-bond donors (Lipinski definition) is 2. The Bertz CT molecular complexity index is 622. The van der Waals surface area contributed by atoms with Crippen LogP contribution >= 0.6 is 23.2 Å². The molecule has 0 saturated heterocycles. The smallest absolute Gasteiger partial charge is 0.224 e. The highest BCUT2D eigenvalue weighted by Crippen LogP contribution is 2.28. The molecule has 0 aliphatic rings. The maximum atomic E-state index is 6.13. The van der Waals surface area contributed by atoms with Crippen LogP contribution in [-0.2, 0) is 4.74 Å². The van der Waals surface area contributed by atoms with Crippen LogP contribution in [0, 0.1) is 6.92 Å². The summed E-state index contributed by atoms with van der Waals surface area (Å²) in [5, 5.41) is 7.41. The Balaban J connectivity index is 2.17. The van der Waals surface area contributed by atoms with E-state index in [0.29, 0.717) is 40.7 Å². The number of rotatable bonds is 6. The zero-order valence-corrected chi connectivity index (χ0v) is 13.3. The molecular formula is C14H16Cl2N4O. The van der Waals surface area contributed by atoms with E-state index in [1.165, 1.54) is 0 Å². The monoisotopic (exact) mass is 326 g/mol. The van der Waals surface area contributed by atoms with Crippen molar-refractivity contribution in [1.29, 1.82) is 0 Å². The fourth-order valence-electron chi connectivity index (χ4n) is 1.71. The number of nitrogens with zero attached hydrogens (tertiary/aromatic N) is 2. The summed E-state index contributed by atoms with van der Waals surface area (Å²) in [7, 11) is 1.65. The normalized spacial score (nSPS) is 10.5. The summed E-state index contributed by atoms with van der Waals surface area (Å²) in [6, 6.07) is 7.05. The summed E-state index contributed by atoms with van der Waals surface area (Å²) in [5.74, 6) is 1.18.